The monoisotopic (exact) mass is 198 g/mol. The molecule has 0 spiro atoms. The third kappa shape index (κ3) is 2.52. The molecule has 0 aliphatic rings. The van der Waals surface area contributed by atoms with Crippen LogP contribution in [0.5, 0.6) is 0 Å². The molecule has 0 saturated heterocycles. The predicted octanol–water partition coefficient (Wildman–Crippen LogP) is 0.375. The van der Waals surface area contributed by atoms with E-state index in [0.717, 1.165) is 5.82 Å². The first-order valence-electron chi connectivity index (χ1n) is 4.80. The molecule has 5 nitrogen and oxygen atoms in total. The van der Waals surface area contributed by atoms with Gasteiger partial charge < -0.3 is 15.0 Å². The Hall–Kier alpha value is -0.940. The van der Waals surface area contributed by atoms with Gasteiger partial charge in [-0.3, -0.25) is 0 Å². The zero-order chi connectivity index (χ0) is 10.6. The highest BCUT2D eigenvalue weighted by atomic mass is 16.5. The molecule has 1 heterocycles. The van der Waals surface area contributed by atoms with E-state index in [2.05, 4.69) is 24.0 Å². The Labute approximate surface area is 84.3 Å². The SMILES string of the molecule is COC(CN)Cc1nncn1C(C)C. The highest BCUT2D eigenvalue weighted by Crippen LogP contribution is 2.08. The molecule has 1 aromatic rings. The highest BCUT2D eigenvalue weighted by Gasteiger charge is 2.12. The smallest absolute Gasteiger partial charge is 0.135 e. The van der Waals surface area contributed by atoms with Crippen LogP contribution in [-0.2, 0) is 11.2 Å². The fourth-order valence-electron chi connectivity index (χ4n) is 1.31. The molecule has 2 N–H and O–H groups in total. The summed E-state index contributed by atoms with van der Waals surface area (Å²) in [5.41, 5.74) is 5.54. The lowest BCUT2D eigenvalue weighted by Gasteiger charge is -2.14. The summed E-state index contributed by atoms with van der Waals surface area (Å²) in [7, 11) is 1.66. The van der Waals surface area contributed by atoms with Gasteiger partial charge in [-0.15, -0.1) is 10.2 Å². The van der Waals surface area contributed by atoms with Crippen LogP contribution < -0.4 is 5.73 Å². The molecule has 14 heavy (non-hydrogen) atoms. The Balaban J connectivity index is 2.70. The maximum absolute atomic E-state index is 5.54. The maximum atomic E-state index is 5.54. The molecule has 0 fully saturated rings. The fraction of sp³-hybridized carbons (Fsp3) is 0.778. The molecule has 0 radical (unpaired) electrons. The molecular weight excluding hydrogens is 180 g/mol. The molecule has 1 atom stereocenters. The Morgan fingerprint density at radius 1 is 1.57 bits per heavy atom. The number of rotatable bonds is 5. The van der Waals surface area contributed by atoms with Crippen molar-refractivity contribution < 1.29 is 4.74 Å². The van der Waals surface area contributed by atoms with Gasteiger partial charge in [-0.05, 0) is 13.8 Å². The van der Waals surface area contributed by atoms with E-state index in [1.807, 2.05) is 4.57 Å². The Morgan fingerprint density at radius 2 is 2.29 bits per heavy atom. The number of hydrogen-bond donors (Lipinski definition) is 1. The van der Waals surface area contributed by atoms with Gasteiger partial charge in [0, 0.05) is 26.1 Å². The van der Waals surface area contributed by atoms with Crippen LogP contribution in [0.3, 0.4) is 0 Å². The van der Waals surface area contributed by atoms with Gasteiger partial charge in [0.15, 0.2) is 0 Å². The van der Waals surface area contributed by atoms with Crippen molar-refractivity contribution in [1.29, 1.82) is 0 Å². The van der Waals surface area contributed by atoms with Gasteiger partial charge in [-0.2, -0.15) is 0 Å². The maximum Gasteiger partial charge on any atom is 0.135 e. The fourth-order valence-corrected chi connectivity index (χ4v) is 1.31. The van der Waals surface area contributed by atoms with E-state index < -0.39 is 0 Å². The summed E-state index contributed by atoms with van der Waals surface area (Å²) in [5, 5.41) is 7.93. The molecule has 80 valence electrons. The lowest BCUT2D eigenvalue weighted by molar-refractivity contribution is 0.107. The summed E-state index contributed by atoms with van der Waals surface area (Å²) in [4.78, 5) is 0. The largest absolute Gasteiger partial charge is 0.380 e. The standard InChI is InChI=1S/C9H18N4O/c1-7(2)13-6-11-12-9(13)4-8(5-10)14-3/h6-8H,4-5,10H2,1-3H3. The predicted molar refractivity (Wildman–Crippen MR) is 54.0 cm³/mol. The van der Waals surface area contributed by atoms with Crippen LogP contribution in [0.4, 0.5) is 0 Å². The van der Waals surface area contributed by atoms with E-state index in [9.17, 15) is 0 Å². The molecule has 0 bridgehead atoms. The molecule has 5 heteroatoms. The summed E-state index contributed by atoms with van der Waals surface area (Å²) in [6, 6.07) is 0.371. The van der Waals surface area contributed by atoms with Crippen LogP contribution in [0.25, 0.3) is 0 Å². The van der Waals surface area contributed by atoms with Gasteiger partial charge in [-0.1, -0.05) is 0 Å². The number of aromatic nitrogens is 3. The van der Waals surface area contributed by atoms with Crippen molar-refractivity contribution in [3.8, 4) is 0 Å². The first-order chi connectivity index (χ1) is 6.69. The number of nitrogens with two attached hydrogens (primary N) is 1. The van der Waals surface area contributed by atoms with Crippen molar-refractivity contribution in [2.45, 2.75) is 32.4 Å². The molecule has 0 aliphatic carbocycles. The summed E-state index contributed by atoms with van der Waals surface area (Å²) < 4.78 is 7.23. The molecule has 0 saturated carbocycles. The molecular formula is C9H18N4O. The average Bonchev–Trinajstić information content (AvgIpc) is 2.62. The van der Waals surface area contributed by atoms with E-state index in [1.165, 1.54) is 0 Å². The van der Waals surface area contributed by atoms with Crippen LogP contribution >= 0.6 is 0 Å². The number of ether oxygens (including phenoxy) is 1. The Kier molecular flexibility index (Phi) is 4.03. The van der Waals surface area contributed by atoms with Crippen molar-refractivity contribution in [3.05, 3.63) is 12.2 Å². The highest BCUT2D eigenvalue weighted by molar-refractivity contribution is 4.91. The molecule has 0 amide bonds. The zero-order valence-corrected chi connectivity index (χ0v) is 8.97. The van der Waals surface area contributed by atoms with Gasteiger partial charge >= 0.3 is 0 Å². The summed E-state index contributed by atoms with van der Waals surface area (Å²) >= 11 is 0. The minimum Gasteiger partial charge on any atom is -0.380 e. The van der Waals surface area contributed by atoms with E-state index in [1.54, 1.807) is 13.4 Å². The average molecular weight is 198 g/mol. The normalized spacial score (nSPS) is 13.5. The van der Waals surface area contributed by atoms with Gasteiger partial charge in [0.2, 0.25) is 0 Å². The molecule has 1 rings (SSSR count). The first-order valence-corrected chi connectivity index (χ1v) is 4.80. The summed E-state index contributed by atoms with van der Waals surface area (Å²) in [6.07, 6.45) is 2.48. The Bertz CT molecular complexity index is 268. The lowest BCUT2D eigenvalue weighted by atomic mass is 10.2. The van der Waals surface area contributed by atoms with Crippen LogP contribution in [0.1, 0.15) is 25.7 Å². The van der Waals surface area contributed by atoms with E-state index in [-0.39, 0.29) is 6.10 Å². The van der Waals surface area contributed by atoms with Gasteiger partial charge in [-0.25, -0.2) is 0 Å². The Morgan fingerprint density at radius 3 is 2.79 bits per heavy atom. The zero-order valence-electron chi connectivity index (χ0n) is 8.97. The van der Waals surface area contributed by atoms with Gasteiger partial charge in [0.1, 0.15) is 12.2 Å². The van der Waals surface area contributed by atoms with Crippen molar-refractivity contribution in [2.24, 2.45) is 5.73 Å². The van der Waals surface area contributed by atoms with Crippen LogP contribution in [0, 0.1) is 0 Å². The van der Waals surface area contributed by atoms with Crippen molar-refractivity contribution in [1.82, 2.24) is 14.8 Å². The minimum absolute atomic E-state index is 0.0247. The first kappa shape index (κ1) is 11.1. The van der Waals surface area contributed by atoms with Crippen molar-refractivity contribution in [3.63, 3.8) is 0 Å². The second-order valence-electron chi connectivity index (χ2n) is 3.55. The van der Waals surface area contributed by atoms with Crippen LogP contribution in [0.2, 0.25) is 0 Å². The lowest BCUT2D eigenvalue weighted by Crippen LogP contribution is -2.26. The minimum atomic E-state index is 0.0247. The molecule has 0 aromatic carbocycles. The molecule has 1 aromatic heterocycles. The van der Waals surface area contributed by atoms with Crippen molar-refractivity contribution in [2.75, 3.05) is 13.7 Å². The van der Waals surface area contributed by atoms with Gasteiger partial charge in [0.05, 0.1) is 6.10 Å². The summed E-state index contributed by atoms with van der Waals surface area (Å²) in [6.45, 7) is 4.69. The number of nitrogens with zero attached hydrogens (tertiary/aromatic N) is 3. The third-order valence-corrected chi connectivity index (χ3v) is 2.21. The molecule has 1 unspecified atom stereocenters. The second kappa shape index (κ2) is 5.07. The molecule has 0 aliphatic heterocycles. The number of hydrogen-bond acceptors (Lipinski definition) is 4. The van der Waals surface area contributed by atoms with E-state index in [0.29, 0.717) is 19.0 Å². The summed E-state index contributed by atoms with van der Waals surface area (Å²) in [5.74, 6) is 0.928. The second-order valence-corrected chi connectivity index (χ2v) is 3.55. The van der Waals surface area contributed by atoms with Crippen molar-refractivity contribution >= 4 is 0 Å². The van der Waals surface area contributed by atoms with Crippen LogP contribution in [0.15, 0.2) is 6.33 Å². The van der Waals surface area contributed by atoms with E-state index >= 15 is 0 Å². The van der Waals surface area contributed by atoms with E-state index in [4.69, 9.17) is 10.5 Å². The third-order valence-electron chi connectivity index (χ3n) is 2.21. The number of methoxy groups -OCH3 is 1. The quantitative estimate of drug-likeness (QED) is 0.742. The van der Waals surface area contributed by atoms with Crippen LogP contribution in [-0.4, -0.2) is 34.5 Å². The van der Waals surface area contributed by atoms with Gasteiger partial charge in [0.25, 0.3) is 0 Å². The topological polar surface area (TPSA) is 66.0 Å².